The molecule has 13 aliphatic rings. The smallest absolute Gasteiger partial charge is 0.0169 e. The summed E-state index contributed by atoms with van der Waals surface area (Å²) in [5, 5.41) is 0. The van der Waals surface area contributed by atoms with E-state index in [0.717, 1.165) is 24.7 Å². The van der Waals surface area contributed by atoms with Crippen LogP contribution in [0.25, 0.3) is 0 Å². The van der Waals surface area contributed by atoms with E-state index in [2.05, 4.69) is 97.2 Å². The molecular weight excluding hydrogens is 913 g/mol. The molecule has 76 heavy (non-hydrogen) atoms. The Kier molecular flexibility index (Phi) is 50.0. The lowest BCUT2D eigenvalue weighted by Crippen LogP contribution is -2.22. The summed E-state index contributed by atoms with van der Waals surface area (Å²) in [4.78, 5) is 0. The first-order chi connectivity index (χ1) is 37.9. The fraction of sp³-hybridized carbons (Fsp3) is 0.763. The molecular formula is C76H130. The normalized spacial score (nSPS) is 23.9. The lowest BCUT2D eigenvalue weighted by molar-refractivity contribution is 0.171. The molecule has 8 fully saturated rings. The molecule has 0 unspecified atom stereocenters. The summed E-state index contributed by atoms with van der Waals surface area (Å²) in [5.74, 6) is 2.31. The molecule has 0 heteroatoms. The van der Waals surface area contributed by atoms with Gasteiger partial charge in [0.15, 0.2) is 0 Å². The first kappa shape index (κ1) is 67.9. The fourth-order valence-electron chi connectivity index (χ4n) is 11.8. The van der Waals surface area contributed by atoms with Crippen molar-refractivity contribution in [1.29, 1.82) is 0 Å². The highest BCUT2D eigenvalue weighted by Crippen LogP contribution is 2.40. The van der Waals surface area contributed by atoms with Crippen LogP contribution in [0.3, 0.4) is 0 Å². The molecule has 434 valence electrons. The molecule has 8 saturated carbocycles. The average molecular weight is 1040 g/mol. The van der Waals surface area contributed by atoms with Crippen molar-refractivity contribution in [1.82, 2.24) is 0 Å². The molecule has 0 amide bonds. The number of fused-ring (bicyclic) bond motifs is 2. The summed E-state index contributed by atoms with van der Waals surface area (Å²) in [7, 11) is 0. The summed E-state index contributed by atoms with van der Waals surface area (Å²) in [6, 6.07) is 8.80. The van der Waals surface area contributed by atoms with Gasteiger partial charge in [-0.25, -0.2) is 0 Å². The van der Waals surface area contributed by atoms with Gasteiger partial charge in [-0.3, -0.25) is 0 Å². The van der Waals surface area contributed by atoms with Crippen molar-refractivity contribution in [2.75, 3.05) is 0 Å². The first-order valence-corrected chi connectivity index (χ1v) is 34.9. The van der Waals surface area contributed by atoms with Gasteiger partial charge in [0, 0.05) is 0 Å². The molecule has 1 aromatic carbocycles. The van der Waals surface area contributed by atoms with Crippen LogP contribution in [0.5, 0.6) is 0 Å². The molecule has 0 heterocycles. The predicted molar refractivity (Wildman–Crippen MR) is 345 cm³/mol. The van der Waals surface area contributed by atoms with Crippen molar-refractivity contribution in [3.05, 3.63) is 108 Å². The van der Waals surface area contributed by atoms with Gasteiger partial charge in [0.05, 0.1) is 0 Å². The van der Waals surface area contributed by atoms with Gasteiger partial charge >= 0.3 is 0 Å². The first-order valence-electron chi connectivity index (χ1n) is 34.9. The SMILES string of the molecule is C1=CCC=CC1.C1=CCCC1.C1=CCCC=C1.C1=CCCCC1.C1CC1.C1CCC1.C1CCC2CCCCC2C1.C1CCCC1.C1CCCCC1.C1CCCCCC1.C1CCCCCCC1.c1ccc2c(c1)CCCC2. The second kappa shape index (κ2) is 56.0. The molecule has 0 spiro atoms. The Bertz CT molecular complexity index is 1330. The lowest BCUT2D eigenvalue weighted by Gasteiger charge is -2.35. The summed E-state index contributed by atoms with van der Waals surface area (Å²) in [6.07, 6.45) is 108. The molecule has 0 nitrogen and oxygen atoms in total. The van der Waals surface area contributed by atoms with E-state index in [9.17, 15) is 0 Å². The molecule has 0 N–H and O–H groups in total. The van der Waals surface area contributed by atoms with Gasteiger partial charge in [-0.15, -0.1) is 0 Å². The highest BCUT2D eigenvalue weighted by atomic mass is 14.3. The molecule has 13 aliphatic carbocycles. The van der Waals surface area contributed by atoms with Crippen LogP contribution in [0.1, 0.15) is 358 Å². The van der Waals surface area contributed by atoms with Crippen LogP contribution in [0, 0.1) is 11.8 Å². The molecule has 1 aromatic rings. The molecule has 0 aliphatic heterocycles. The van der Waals surface area contributed by atoms with Crippen LogP contribution in [0.4, 0.5) is 0 Å². The van der Waals surface area contributed by atoms with Gasteiger partial charge in [-0.1, -0.05) is 360 Å². The molecule has 14 rings (SSSR count). The highest BCUT2D eigenvalue weighted by Gasteiger charge is 2.27. The average Bonchev–Trinajstić information content (AvgIpc) is 4.09. The third-order valence-electron chi connectivity index (χ3n) is 17.4. The van der Waals surface area contributed by atoms with E-state index < -0.39 is 0 Å². The topological polar surface area (TPSA) is 0 Å². The zero-order valence-corrected chi connectivity index (χ0v) is 51.0. The minimum absolute atomic E-state index is 1.14. The van der Waals surface area contributed by atoms with Crippen molar-refractivity contribution in [2.24, 2.45) is 11.8 Å². The Morgan fingerprint density at radius 1 is 0.197 bits per heavy atom. The number of allylic oxidation sites excluding steroid dienone is 12. The Morgan fingerprint density at radius 2 is 0.434 bits per heavy atom. The van der Waals surface area contributed by atoms with Gasteiger partial charge in [-0.05, 0) is 119 Å². The predicted octanol–water partition coefficient (Wildman–Crippen LogP) is 26.4. The van der Waals surface area contributed by atoms with Crippen molar-refractivity contribution in [2.45, 2.75) is 360 Å². The van der Waals surface area contributed by atoms with E-state index in [1.807, 2.05) is 0 Å². The monoisotopic (exact) mass is 1040 g/mol. The number of hydrogen-bond acceptors (Lipinski definition) is 0. The standard InChI is InChI=1S/C10H18.C10H12.C8H16.C7H14.C6H12.C6H10.2C6H8.C5H10.C5H8.C4H8.C3H6/c2*1-2-6-10-8-4-3-7-9(10)5-1;1-2-4-6-8-7-5-3-1;1-2-4-6-7-5-3-1;4*1-2-4-6-5-3-1;2*1-2-4-5-3-1;1-2-4-3-1;1-2-3-1/h9-10H,1-8H2;1-2,5-6H,3-4,7-8H2;1-8H2;1-7H2;1-6H2;1-2H,3-6H2;1-2,5-6H,3-4H2;1-4H,5-6H2;1-5H2;1-2H,3-5H2;1-4H2;1-3H2. The van der Waals surface area contributed by atoms with Crippen LogP contribution >= 0.6 is 0 Å². The minimum atomic E-state index is 1.14. The Labute approximate surface area is 477 Å². The van der Waals surface area contributed by atoms with E-state index in [4.69, 9.17) is 0 Å². The second-order valence-electron chi connectivity index (χ2n) is 24.7. The molecule has 0 saturated heterocycles. The van der Waals surface area contributed by atoms with E-state index in [1.165, 1.54) is 321 Å². The van der Waals surface area contributed by atoms with Gasteiger partial charge < -0.3 is 0 Å². The Balaban J connectivity index is 0.000000221. The molecule has 0 radical (unpaired) electrons. The second-order valence-corrected chi connectivity index (χ2v) is 24.7. The quantitative estimate of drug-likeness (QED) is 0.179. The lowest BCUT2D eigenvalue weighted by atomic mass is 9.71. The maximum Gasteiger partial charge on any atom is -0.0169 e. The number of rotatable bonds is 0. The largest absolute Gasteiger partial charge is 0.0885 e. The molecule has 0 bridgehead atoms. The number of hydrogen-bond donors (Lipinski definition) is 0. The summed E-state index contributed by atoms with van der Waals surface area (Å²) in [5.41, 5.74) is 3.16. The maximum atomic E-state index is 2.27. The number of aryl methyl sites for hydroxylation is 2. The van der Waals surface area contributed by atoms with Crippen molar-refractivity contribution >= 4 is 0 Å². The van der Waals surface area contributed by atoms with Gasteiger partial charge in [0.1, 0.15) is 0 Å². The van der Waals surface area contributed by atoms with Gasteiger partial charge in [-0.2, -0.15) is 0 Å². The van der Waals surface area contributed by atoms with Gasteiger partial charge in [0.25, 0.3) is 0 Å². The summed E-state index contributed by atoms with van der Waals surface area (Å²) in [6.45, 7) is 0. The van der Waals surface area contributed by atoms with Crippen LogP contribution in [0.15, 0.2) is 97.2 Å². The van der Waals surface area contributed by atoms with Crippen molar-refractivity contribution < 1.29 is 0 Å². The minimum Gasteiger partial charge on any atom is -0.0885 e. The molecule has 0 aromatic heterocycles. The van der Waals surface area contributed by atoms with Crippen molar-refractivity contribution in [3.63, 3.8) is 0 Å². The zero-order chi connectivity index (χ0) is 53.2. The van der Waals surface area contributed by atoms with Crippen molar-refractivity contribution in [3.8, 4) is 0 Å². The Morgan fingerprint density at radius 3 is 0.605 bits per heavy atom. The van der Waals surface area contributed by atoms with Gasteiger partial charge in [0.2, 0.25) is 0 Å². The van der Waals surface area contributed by atoms with E-state index in [0.29, 0.717) is 0 Å². The van der Waals surface area contributed by atoms with Crippen LogP contribution < -0.4 is 0 Å². The van der Waals surface area contributed by atoms with E-state index in [1.54, 1.807) is 36.8 Å². The van der Waals surface area contributed by atoms with Crippen LogP contribution in [-0.4, -0.2) is 0 Å². The van der Waals surface area contributed by atoms with E-state index >= 15 is 0 Å². The van der Waals surface area contributed by atoms with Crippen LogP contribution in [-0.2, 0) is 12.8 Å². The third-order valence-corrected chi connectivity index (χ3v) is 17.4. The fourth-order valence-corrected chi connectivity index (χ4v) is 11.8. The molecule has 0 atom stereocenters. The summed E-state index contributed by atoms with van der Waals surface area (Å²) < 4.78 is 0. The summed E-state index contributed by atoms with van der Waals surface area (Å²) >= 11 is 0. The Hall–Kier alpha value is -2.34. The number of benzene rings is 1. The highest BCUT2D eigenvalue weighted by molar-refractivity contribution is 5.28. The van der Waals surface area contributed by atoms with E-state index in [-0.39, 0.29) is 0 Å². The maximum absolute atomic E-state index is 2.27. The zero-order valence-electron chi connectivity index (χ0n) is 51.0. The van der Waals surface area contributed by atoms with Crippen LogP contribution in [0.2, 0.25) is 0 Å². The third kappa shape index (κ3) is 46.6.